The summed E-state index contributed by atoms with van der Waals surface area (Å²) in [4.78, 5) is 27.2. The molecule has 3 rings (SSSR count). The van der Waals surface area contributed by atoms with Gasteiger partial charge in [0.25, 0.3) is 0 Å². The molecule has 1 heterocycles. The number of anilines is 1. The van der Waals surface area contributed by atoms with Crippen molar-refractivity contribution in [3.8, 4) is 11.5 Å². The molecule has 1 aliphatic rings. The third-order valence-corrected chi connectivity index (χ3v) is 6.99. The molecule has 2 aromatic carbocycles. The second-order valence-corrected chi connectivity index (χ2v) is 10.3. The van der Waals surface area contributed by atoms with Crippen LogP contribution in [0.3, 0.4) is 0 Å². The molecule has 0 fully saturated rings. The van der Waals surface area contributed by atoms with Crippen molar-refractivity contribution in [3.05, 3.63) is 54.1 Å². The number of likely N-dealkylation sites (N-methyl/N-ethyl adjacent to an activating group) is 1. The Labute approximate surface area is 207 Å². The maximum atomic E-state index is 13.2. The first-order valence-electron chi connectivity index (χ1n) is 11.7. The third-order valence-electron chi connectivity index (χ3n) is 5.80. The van der Waals surface area contributed by atoms with Gasteiger partial charge in [0.05, 0.1) is 11.9 Å². The van der Waals surface area contributed by atoms with Gasteiger partial charge in [-0.1, -0.05) is 30.3 Å². The summed E-state index contributed by atoms with van der Waals surface area (Å²) < 4.78 is 36.9. The summed E-state index contributed by atoms with van der Waals surface area (Å²) in [5.74, 6) is 0.631. The van der Waals surface area contributed by atoms with Crippen molar-refractivity contribution < 1.29 is 27.5 Å². The highest BCUT2D eigenvalue weighted by atomic mass is 32.2. The van der Waals surface area contributed by atoms with Gasteiger partial charge >= 0.3 is 0 Å². The predicted molar refractivity (Wildman–Crippen MR) is 134 cm³/mol. The highest BCUT2D eigenvalue weighted by molar-refractivity contribution is 7.92. The lowest BCUT2D eigenvalue weighted by atomic mass is 10.1. The molecular formula is C25H33N3O6S. The van der Waals surface area contributed by atoms with Crippen molar-refractivity contribution in [1.29, 1.82) is 0 Å². The monoisotopic (exact) mass is 503 g/mol. The molecule has 2 amide bonds. The van der Waals surface area contributed by atoms with Crippen LogP contribution in [-0.2, 0) is 26.0 Å². The van der Waals surface area contributed by atoms with Crippen molar-refractivity contribution in [2.24, 2.45) is 0 Å². The lowest BCUT2D eigenvalue weighted by molar-refractivity contribution is -0.139. The summed E-state index contributed by atoms with van der Waals surface area (Å²) in [7, 11) is -3.59. The summed E-state index contributed by atoms with van der Waals surface area (Å²) in [6, 6.07) is 14.1. The minimum absolute atomic E-state index is 0.0920. The summed E-state index contributed by atoms with van der Waals surface area (Å²) in [6.45, 7) is 4.61. The van der Waals surface area contributed by atoms with Crippen LogP contribution in [0.2, 0.25) is 0 Å². The number of benzene rings is 2. The molecular weight excluding hydrogens is 470 g/mol. The van der Waals surface area contributed by atoms with E-state index >= 15 is 0 Å². The standard InChI is InChI=1S/C25H33N3O6S/c1-4-26-25(30)19(2)27(16-14-20-9-6-5-7-10-20)24(29)11-8-15-28(35(3,31)32)21-12-13-22-23(17-21)34-18-33-22/h5-7,9-10,12-13,17,19H,4,8,11,14-16,18H2,1-3H3,(H,26,30). The molecule has 2 aromatic rings. The third kappa shape index (κ3) is 7.11. The van der Waals surface area contributed by atoms with Crippen LogP contribution in [0.4, 0.5) is 5.69 Å². The van der Waals surface area contributed by atoms with Gasteiger partial charge in [-0.05, 0) is 44.4 Å². The predicted octanol–water partition coefficient (Wildman–Crippen LogP) is 2.56. The number of nitrogens with one attached hydrogen (secondary N) is 1. The van der Waals surface area contributed by atoms with Crippen molar-refractivity contribution in [2.75, 3.05) is 37.0 Å². The molecule has 1 atom stereocenters. The Morgan fingerprint density at radius 1 is 1.06 bits per heavy atom. The maximum Gasteiger partial charge on any atom is 0.242 e. The Morgan fingerprint density at radius 2 is 1.77 bits per heavy atom. The van der Waals surface area contributed by atoms with E-state index in [-0.39, 0.29) is 31.6 Å². The summed E-state index contributed by atoms with van der Waals surface area (Å²) in [5, 5.41) is 2.77. The molecule has 0 aromatic heterocycles. The SMILES string of the molecule is CCNC(=O)C(C)N(CCc1ccccc1)C(=O)CCCN(c1ccc2c(c1)OCO2)S(C)(=O)=O. The minimum Gasteiger partial charge on any atom is -0.454 e. The first-order chi connectivity index (χ1) is 16.7. The number of carbonyl (C=O) groups excluding carboxylic acids is 2. The average molecular weight is 504 g/mol. The van der Waals surface area contributed by atoms with Gasteiger partial charge in [-0.25, -0.2) is 8.42 Å². The van der Waals surface area contributed by atoms with E-state index in [1.165, 1.54) is 4.31 Å². The van der Waals surface area contributed by atoms with Crippen LogP contribution in [0, 0.1) is 0 Å². The summed E-state index contributed by atoms with van der Waals surface area (Å²) in [5.41, 5.74) is 1.51. The zero-order valence-corrected chi connectivity index (χ0v) is 21.2. The van der Waals surface area contributed by atoms with Crippen LogP contribution in [-0.4, -0.2) is 63.9 Å². The molecule has 1 unspecified atom stereocenters. The highest BCUT2D eigenvalue weighted by Crippen LogP contribution is 2.36. The molecule has 1 N–H and O–H groups in total. The summed E-state index contributed by atoms with van der Waals surface area (Å²) in [6.07, 6.45) is 2.14. The Hall–Kier alpha value is -3.27. The topological polar surface area (TPSA) is 105 Å². The zero-order chi connectivity index (χ0) is 25.4. The number of amides is 2. The maximum absolute atomic E-state index is 13.2. The molecule has 0 aliphatic carbocycles. The largest absolute Gasteiger partial charge is 0.454 e. The van der Waals surface area contributed by atoms with Gasteiger partial charge in [0.15, 0.2) is 11.5 Å². The molecule has 35 heavy (non-hydrogen) atoms. The second kappa shape index (κ2) is 11.9. The Morgan fingerprint density at radius 3 is 2.46 bits per heavy atom. The smallest absolute Gasteiger partial charge is 0.242 e. The Bertz CT molecular complexity index is 1120. The van der Waals surface area contributed by atoms with Gasteiger partial charge < -0.3 is 19.7 Å². The zero-order valence-electron chi connectivity index (χ0n) is 20.4. The number of sulfonamides is 1. The fourth-order valence-corrected chi connectivity index (χ4v) is 4.89. The lowest BCUT2D eigenvalue weighted by Crippen LogP contribution is -2.48. The van der Waals surface area contributed by atoms with Crippen LogP contribution < -0.4 is 19.1 Å². The first-order valence-corrected chi connectivity index (χ1v) is 13.5. The number of rotatable bonds is 12. The van der Waals surface area contributed by atoms with E-state index in [1.54, 1.807) is 30.0 Å². The van der Waals surface area contributed by atoms with Gasteiger partial charge in [-0.3, -0.25) is 13.9 Å². The Kier molecular flexibility index (Phi) is 8.97. The fraction of sp³-hybridized carbons (Fsp3) is 0.440. The number of hydrogen-bond donors (Lipinski definition) is 1. The van der Waals surface area contributed by atoms with Gasteiger partial charge in [-0.2, -0.15) is 0 Å². The van der Waals surface area contributed by atoms with E-state index in [9.17, 15) is 18.0 Å². The lowest BCUT2D eigenvalue weighted by Gasteiger charge is -2.29. The van der Waals surface area contributed by atoms with E-state index in [4.69, 9.17) is 9.47 Å². The van der Waals surface area contributed by atoms with Gasteiger partial charge in [0, 0.05) is 32.1 Å². The van der Waals surface area contributed by atoms with E-state index in [1.807, 2.05) is 37.3 Å². The number of carbonyl (C=O) groups is 2. The number of hydrogen-bond acceptors (Lipinski definition) is 6. The van der Waals surface area contributed by atoms with Crippen molar-refractivity contribution in [3.63, 3.8) is 0 Å². The van der Waals surface area contributed by atoms with Crippen molar-refractivity contribution >= 4 is 27.5 Å². The number of fused-ring (bicyclic) bond motifs is 1. The quantitative estimate of drug-likeness (QED) is 0.477. The van der Waals surface area contributed by atoms with E-state index in [2.05, 4.69) is 5.32 Å². The van der Waals surface area contributed by atoms with Gasteiger partial charge in [0.1, 0.15) is 6.04 Å². The van der Waals surface area contributed by atoms with E-state index < -0.39 is 16.1 Å². The van der Waals surface area contributed by atoms with Crippen molar-refractivity contribution in [1.82, 2.24) is 10.2 Å². The van der Waals surface area contributed by atoms with E-state index in [0.29, 0.717) is 43.1 Å². The second-order valence-electron chi connectivity index (χ2n) is 8.37. The average Bonchev–Trinajstić information content (AvgIpc) is 3.29. The highest BCUT2D eigenvalue weighted by Gasteiger charge is 2.26. The molecule has 9 nitrogen and oxygen atoms in total. The molecule has 0 spiro atoms. The normalized spacial score (nSPS) is 13.2. The summed E-state index contributed by atoms with van der Waals surface area (Å²) >= 11 is 0. The number of nitrogens with zero attached hydrogens (tertiary/aromatic N) is 2. The minimum atomic E-state index is -3.59. The van der Waals surface area contributed by atoms with Gasteiger partial charge in [-0.15, -0.1) is 0 Å². The molecule has 1 aliphatic heterocycles. The van der Waals surface area contributed by atoms with Crippen LogP contribution in [0.5, 0.6) is 11.5 Å². The van der Waals surface area contributed by atoms with Crippen LogP contribution >= 0.6 is 0 Å². The Balaban J connectivity index is 1.67. The molecule has 190 valence electrons. The van der Waals surface area contributed by atoms with Crippen molar-refractivity contribution in [2.45, 2.75) is 39.2 Å². The molecule has 0 saturated heterocycles. The van der Waals surface area contributed by atoms with Crippen LogP contribution in [0.25, 0.3) is 0 Å². The van der Waals surface area contributed by atoms with E-state index in [0.717, 1.165) is 11.8 Å². The molecule has 10 heteroatoms. The van der Waals surface area contributed by atoms with Crippen LogP contribution in [0.1, 0.15) is 32.3 Å². The number of ether oxygens (including phenoxy) is 2. The van der Waals surface area contributed by atoms with Gasteiger partial charge in [0.2, 0.25) is 28.6 Å². The first kappa shape index (κ1) is 26.3. The molecule has 0 bridgehead atoms. The van der Waals surface area contributed by atoms with Crippen LogP contribution in [0.15, 0.2) is 48.5 Å². The fourth-order valence-electron chi connectivity index (χ4n) is 3.94. The molecule has 0 saturated carbocycles. The molecule has 0 radical (unpaired) electrons.